The Morgan fingerprint density at radius 1 is 1.00 bits per heavy atom. The van der Waals surface area contributed by atoms with Gasteiger partial charge in [-0.1, -0.05) is 48.5 Å². The summed E-state index contributed by atoms with van der Waals surface area (Å²) in [6.07, 6.45) is -5.79. The monoisotopic (exact) mass is 660 g/mol. The molecule has 0 N–H and O–H groups in total. The Bertz CT molecular complexity index is 1690. The quantitative estimate of drug-likeness (QED) is 0.191. The zero-order valence-electron chi connectivity index (χ0n) is 25.8. The Morgan fingerprint density at radius 3 is 2.41 bits per heavy atom. The lowest BCUT2D eigenvalue weighted by Crippen LogP contribution is -2.74. The second-order valence-electron chi connectivity index (χ2n) is 11.9. The van der Waals surface area contributed by atoms with Gasteiger partial charge in [-0.2, -0.15) is 17.5 Å². The Hall–Kier alpha value is -3.94. The van der Waals surface area contributed by atoms with Crippen molar-refractivity contribution in [2.75, 3.05) is 39.8 Å². The standard InChI is InChI=1S/C33H37F3N3O6S/c1-23-12-13-24(2)29(16-23)39(15-14-37(22-40)21-31(39)45-32(41)33(34,35)36)30-20-38(19-26(30)17-25-8-5-4-6-9-25)46(42,43)28-11-7-10-27(18-28)44-3/h4-13,16,18,22,26,30-31H,14-15,17,19-21H2,1-3H3/q+1/t26-,30-,31?,39-/m0/s1. The van der Waals surface area contributed by atoms with Crippen LogP contribution in [0.2, 0.25) is 0 Å². The summed E-state index contributed by atoms with van der Waals surface area (Å²) < 4.78 is 81.2. The lowest BCUT2D eigenvalue weighted by Gasteiger charge is -2.53. The van der Waals surface area contributed by atoms with Crippen LogP contribution < -0.4 is 9.22 Å². The highest BCUT2D eigenvalue weighted by molar-refractivity contribution is 7.89. The molecular weight excluding hydrogens is 623 g/mol. The first-order chi connectivity index (χ1) is 21.8. The Balaban J connectivity index is 1.70. The number of amides is 1. The van der Waals surface area contributed by atoms with Gasteiger partial charge in [-0.15, -0.1) is 0 Å². The minimum Gasteiger partial charge on any atom is -0.497 e. The third-order valence-corrected chi connectivity index (χ3v) is 10.9. The number of nitrogens with zero attached hydrogens (tertiary/aromatic N) is 3. The van der Waals surface area contributed by atoms with Crippen LogP contribution in [0.25, 0.3) is 0 Å². The van der Waals surface area contributed by atoms with Gasteiger partial charge in [0.05, 0.1) is 25.1 Å². The van der Waals surface area contributed by atoms with Gasteiger partial charge in [-0.05, 0) is 43.5 Å². The van der Waals surface area contributed by atoms with E-state index in [4.69, 9.17) is 9.47 Å². The maximum atomic E-state index is 14.2. The molecule has 2 saturated heterocycles. The zero-order valence-corrected chi connectivity index (χ0v) is 26.6. The van der Waals surface area contributed by atoms with Crippen molar-refractivity contribution in [3.63, 3.8) is 0 Å². The normalized spacial score (nSPS) is 24.0. The molecule has 1 unspecified atom stereocenters. The third kappa shape index (κ3) is 6.49. The van der Waals surface area contributed by atoms with E-state index in [9.17, 15) is 31.2 Å². The number of quaternary nitrogens is 1. The van der Waals surface area contributed by atoms with Crippen LogP contribution in [0.1, 0.15) is 16.7 Å². The highest BCUT2D eigenvalue weighted by Gasteiger charge is 2.59. The van der Waals surface area contributed by atoms with Crippen molar-refractivity contribution in [3.8, 4) is 5.75 Å². The number of carbonyl (C=O) groups is 2. The molecular formula is C33H37F3N3O6S+. The molecule has 3 aromatic carbocycles. The summed E-state index contributed by atoms with van der Waals surface area (Å²) in [5.74, 6) is -2.41. The maximum Gasteiger partial charge on any atom is 0.491 e. The lowest BCUT2D eigenvalue weighted by atomic mass is 9.89. The van der Waals surface area contributed by atoms with Crippen molar-refractivity contribution in [1.29, 1.82) is 0 Å². The van der Waals surface area contributed by atoms with E-state index in [1.54, 1.807) is 12.1 Å². The molecule has 0 aliphatic carbocycles. The summed E-state index contributed by atoms with van der Waals surface area (Å²) in [5, 5.41) is 0. The maximum absolute atomic E-state index is 14.2. The molecule has 0 bridgehead atoms. The van der Waals surface area contributed by atoms with E-state index >= 15 is 0 Å². The van der Waals surface area contributed by atoms with E-state index in [1.165, 1.54) is 28.4 Å². The smallest absolute Gasteiger partial charge is 0.491 e. The highest BCUT2D eigenvalue weighted by Crippen LogP contribution is 2.44. The topological polar surface area (TPSA) is 93.2 Å². The van der Waals surface area contributed by atoms with E-state index in [1.807, 2.05) is 62.4 Å². The average Bonchev–Trinajstić information content (AvgIpc) is 3.47. The van der Waals surface area contributed by atoms with Crippen LogP contribution in [-0.4, -0.2) is 88.3 Å². The van der Waals surface area contributed by atoms with Crippen LogP contribution in [0.4, 0.5) is 18.9 Å². The molecule has 13 heteroatoms. The number of halogens is 3. The highest BCUT2D eigenvalue weighted by atomic mass is 32.2. The van der Waals surface area contributed by atoms with E-state index in [0.29, 0.717) is 24.3 Å². The van der Waals surface area contributed by atoms with Crippen molar-refractivity contribution in [2.45, 2.75) is 43.6 Å². The SMILES string of the molecule is COc1cccc(S(=O)(=O)N2C[C@H](Cc3ccccc3)[C@@H]([N@@+]3(c4cc(C)ccc4C)CCN(C=O)CC3OC(=O)C(F)(F)F)C2)c1. The van der Waals surface area contributed by atoms with Crippen LogP contribution in [0.15, 0.2) is 77.7 Å². The van der Waals surface area contributed by atoms with Crippen LogP contribution in [0.5, 0.6) is 5.75 Å². The number of alkyl halides is 3. The molecule has 246 valence electrons. The molecule has 2 aliphatic heterocycles. The second-order valence-corrected chi connectivity index (χ2v) is 13.9. The second kappa shape index (κ2) is 13.0. The molecule has 0 spiro atoms. The number of benzene rings is 3. The van der Waals surface area contributed by atoms with Crippen molar-refractivity contribution in [1.82, 2.24) is 13.7 Å². The minimum absolute atomic E-state index is 0.0232. The van der Waals surface area contributed by atoms with Gasteiger partial charge in [-0.3, -0.25) is 4.79 Å². The lowest BCUT2D eigenvalue weighted by molar-refractivity contribution is -0.218. The number of hydrogen-bond acceptors (Lipinski definition) is 6. The third-order valence-electron chi connectivity index (χ3n) is 9.08. The molecule has 0 aromatic heterocycles. The molecule has 5 rings (SSSR count). The fraction of sp³-hybridized carbons (Fsp3) is 0.394. The Kier molecular flexibility index (Phi) is 9.48. The summed E-state index contributed by atoms with van der Waals surface area (Å²) in [6, 6.07) is 20.5. The van der Waals surface area contributed by atoms with Crippen LogP contribution in [-0.2, 0) is 30.8 Å². The first-order valence-electron chi connectivity index (χ1n) is 14.9. The summed E-state index contributed by atoms with van der Waals surface area (Å²) in [7, 11) is -2.65. The number of rotatable bonds is 9. The van der Waals surface area contributed by atoms with Crippen LogP contribution in [0, 0.1) is 19.8 Å². The number of piperazine rings is 1. The molecule has 0 saturated carbocycles. The largest absolute Gasteiger partial charge is 0.497 e. The van der Waals surface area contributed by atoms with Crippen LogP contribution in [0.3, 0.4) is 0 Å². The van der Waals surface area contributed by atoms with E-state index in [0.717, 1.165) is 16.7 Å². The molecule has 46 heavy (non-hydrogen) atoms. The fourth-order valence-electron chi connectivity index (χ4n) is 6.86. The van der Waals surface area contributed by atoms with Gasteiger partial charge in [0.1, 0.15) is 30.6 Å². The van der Waals surface area contributed by atoms with Gasteiger partial charge in [0.25, 0.3) is 6.23 Å². The molecule has 0 radical (unpaired) electrons. The number of aryl methyl sites for hydroxylation is 2. The molecule has 9 nitrogen and oxygen atoms in total. The number of sulfonamides is 1. The zero-order chi connectivity index (χ0) is 33.3. The van der Waals surface area contributed by atoms with E-state index in [-0.39, 0.29) is 42.1 Å². The van der Waals surface area contributed by atoms with Crippen LogP contribution >= 0.6 is 0 Å². The number of carbonyl (C=O) groups excluding carboxylic acids is 2. The van der Waals surface area contributed by atoms with Crippen molar-refractivity contribution in [2.24, 2.45) is 5.92 Å². The minimum atomic E-state index is -5.28. The van der Waals surface area contributed by atoms with Gasteiger partial charge in [0.2, 0.25) is 16.4 Å². The van der Waals surface area contributed by atoms with Crippen molar-refractivity contribution < 1.29 is 40.7 Å². The predicted octanol–water partition coefficient (Wildman–Crippen LogP) is 4.45. The molecule has 2 heterocycles. The molecule has 1 amide bonds. The van der Waals surface area contributed by atoms with Gasteiger partial charge < -0.3 is 14.4 Å². The summed E-state index contributed by atoms with van der Waals surface area (Å²) in [4.78, 5) is 25.7. The van der Waals surface area contributed by atoms with Crippen molar-refractivity contribution in [3.05, 3.63) is 89.5 Å². The summed E-state index contributed by atoms with van der Waals surface area (Å²) in [5.41, 5.74) is 3.11. The number of methoxy groups -OCH3 is 1. The average molecular weight is 661 g/mol. The number of ether oxygens (including phenoxy) is 2. The number of hydrogen-bond donors (Lipinski definition) is 0. The molecule has 2 aliphatic rings. The van der Waals surface area contributed by atoms with E-state index < -0.39 is 40.4 Å². The first-order valence-corrected chi connectivity index (χ1v) is 16.3. The van der Waals surface area contributed by atoms with Gasteiger partial charge in [0, 0.05) is 30.2 Å². The first kappa shape index (κ1) is 33.4. The molecule has 2 fully saturated rings. The predicted molar refractivity (Wildman–Crippen MR) is 165 cm³/mol. The Labute approximate surface area is 266 Å². The Morgan fingerprint density at radius 2 is 1.74 bits per heavy atom. The summed E-state index contributed by atoms with van der Waals surface area (Å²) >= 11 is 0. The van der Waals surface area contributed by atoms with Crippen molar-refractivity contribution >= 4 is 28.1 Å². The van der Waals surface area contributed by atoms with Gasteiger partial charge in [-0.25, -0.2) is 17.7 Å². The van der Waals surface area contributed by atoms with Gasteiger partial charge >= 0.3 is 12.1 Å². The van der Waals surface area contributed by atoms with E-state index in [2.05, 4.69) is 0 Å². The molecule has 4 atom stereocenters. The van der Waals surface area contributed by atoms with Gasteiger partial charge in [0.15, 0.2) is 0 Å². The number of esters is 1. The summed E-state index contributed by atoms with van der Waals surface area (Å²) in [6.45, 7) is 3.65. The molecule has 3 aromatic rings. The fourth-order valence-corrected chi connectivity index (χ4v) is 8.41.